The van der Waals surface area contributed by atoms with Gasteiger partial charge in [-0.05, 0) is 18.9 Å². The quantitative estimate of drug-likeness (QED) is 0.936. The molecular formula is C16H19N3O2. The Hall–Kier alpha value is -2.17. The lowest BCUT2D eigenvalue weighted by atomic mass is 9.95. The molecule has 21 heavy (non-hydrogen) atoms. The first kappa shape index (κ1) is 13.8. The van der Waals surface area contributed by atoms with E-state index >= 15 is 0 Å². The molecule has 1 fully saturated rings. The molecule has 1 aliphatic carbocycles. The molecule has 1 aromatic carbocycles. The van der Waals surface area contributed by atoms with Crippen molar-refractivity contribution in [3.8, 4) is 0 Å². The van der Waals surface area contributed by atoms with Gasteiger partial charge in [0.25, 0.3) is 5.56 Å². The summed E-state index contributed by atoms with van der Waals surface area (Å²) in [5.41, 5.74) is -0.216. The van der Waals surface area contributed by atoms with Crippen LogP contribution in [-0.2, 0) is 11.3 Å². The van der Waals surface area contributed by atoms with E-state index in [0.29, 0.717) is 5.39 Å². The SMILES string of the molecule is O=C(Cn1ncc2ccccc2c1=O)NC1CCCCC1. The molecule has 1 heterocycles. The first-order valence-electron chi connectivity index (χ1n) is 7.48. The van der Waals surface area contributed by atoms with Crippen LogP contribution in [0.15, 0.2) is 35.3 Å². The van der Waals surface area contributed by atoms with E-state index in [-0.39, 0.29) is 24.1 Å². The van der Waals surface area contributed by atoms with Crippen LogP contribution in [0.3, 0.4) is 0 Å². The Morgan fingerprint density at radius 3 is 2.81 bits per heavy atom. The highest BCUT2D eigenvalue weighted by Crippen LogP contribution is 2.17. The van der Waals surface area contributed by atoms with Crippen molar-refractivity contribution in [2.24, 2.45) is 0 Å². The van der Waals surface area contributed by atoms with Gasteiger partial charge in [0.2, 0.25) is 5.91 Å². The van der Waals surface area contributed by atoms with Crippen molar-refractivity contribution >= 4 is 16.7 Å². The van der Waals surface area contributed by atoms with Crippen molar-refractivity contribution in [3.05, 3.63) is 40.8 Å². The summed E-state index contributed by atoms with van der Waals surface area (Å²) < 4.78 is 1.24. The molecular weight excluding hydrogens is 266 g/mol. The predicted molar refractivity (Wildman–Crippen MR) is 81.0 cm³/mol. The number of nitrogens with zero attached hydrogens (tertiary/aromatic N) is 2. The second kappa shape index (κ2) is 6.08. The molecule has 2 aromatic rings. The van der Waals surface area contributed by atoms with E-state index in [0.717, 1.165) is 18.2 Å². The van der Waals surface area contributed by atoms with Gasteiger partial charge in [-0.3, -0.25) is 9.59 Å². The Balaban J connectivity index is 1.73. The second-order valence-corrected chi connectivity index (χ2v) is 5.60. The first-order chi connectivity index (χ1) is 10.2. The van der Waals surface area contributed by atoms with Gasteiger partial charge in [-0.25, -0.2) is 4.68 Å². The van der Waals surface area contributed by atoms with Gasteiger partial charge in [-0.15, -0.1) is 0 Å². The van der Waals surface area contributed by atoms with Gasteiger partial charge in [0, 0.05) is 11.4 Å². The zero-order chi connectivity index (χ0) is 14.7. The Bertz CT molecular complexity index is 702. The third-order valence-corrected chi connectivity index (χ3v) is 4.03. The number of fused-ring (bicyclic) bond motifs is 1. The average molecular weight is 285 g/mol. The number of amides is 1. The summed E-state index contributed by atoms with van der Waals surface area (Å²) in [5, 5.41) is 8.48. The lowest BCUT2D eigenvalue weighted by Gasteiger charge is -2.22. The summed E-state index contributed by atoms with van der Waals surface area (Å²) in [6.45, 7) is -0.0137. The van der Waals surface area contributed by atoms with Crippen LogP contribution in [0.1, 0.15) is 32.1 Å². The van der Waals surface area contributed by atoms with Gasteiger partial charge in [0.05, 0.1) is 11.6 Å². The Labute approximate surface area is 123 Å². The van der Waals surface area contributed by atoms with Crippen LogP contribution >= 0.6 is 0 Å². The van der Waals surface area contributed by atoms with Crippen molar-refractivity contribution in [1.82, 2.24) is 15.1 Å². The standard InChI is InChI=1S/C16H19N3O2/c20-15(18-13-7-2-1-3-8-13)11-19-16(21)14-9-5-4-6-12(14)10-17-19/h4-6,9-10,13H,1-3,7-8,11H2,(H,18,20). The first-order valence-corrected chi connectivity index (χ1v) is 7.48. The Morgan fingerprint density at radius 2 is 2.00 bits per heavy atom. The van der Waals surface area contributed by atoms with Crippen LogP contribution < -0.4 is 10.9 Å². The molecule has 5 heteroatoms. The molecule has 3 rings (SSSR count). The lowest BCUT2D eigenvalue weighted by Crippen LogP contribution is -2.40. The van der Waals surface area contributed by atoms with Gasteiger partial charge in [0.15, 0.2) is 0 Å². The fourth-order valence-electron chi connectivity index (χ4n) is 2.90. The number of hydrogen-bond acceptors (Lipinski definition) is 3. The van der Waals surface area contributed by atoms with Crippen molar-refractivity contribution in [3.63, 3.8) is 0 Å². The Morgan fingerprint density at radius 1 is 1.24 bits per heavy atom. The Kier molecular flexibility index (Phi) is 3.99. The number of carbonyl (C=O) groups is 1. The monoisotopic (exact) mass is 285 g/mol. The summed E-state index contributed by atoms with van der Waals surface area (Å²) in [4.78, 5) is 24.3. The van der Waals surface area contributed by atoms with Gasteiger partial charge in [-0.1, -0.05) is 37.5 Å². The zero-order valence-corrected chi connectivity index (χ0v) is 11.9. The van der Waals surface area contributed by atoms with Crippen LogP contribution in [0.2, 0.25) is 0 Å². The maximum atomic E-state index is 12.3. The summed E-state index contributed by atoms with van der Waals surface area (Å²) in [6, 6.07) is 7.53. The summed E-state index contributed by atoms with van der Waals surface area (Å²) in [7, 11) is 0. The molecule has 0 atom stereocenters. The highest BCUT2D eigenvalue weighted by Gasteiger charge is 2.16. The molecule has 110 valence electrons. The molecule has 1 N–H and O–H groups in total. The smallest absolute Gasteiger partial charge is 0.275 e. The minimum absolute atomic E-state index is 0.0137. The highest BCUT2D eigenvalue weighted by molar-refractivity contribution is 5.81. The minimum atomic E-state index is -0.216. The molecule has 1 saturated carbocycles. The largest absolute Gasteiger partial charge is 0.352 e. The number of aromatic nitrogens is 2. The molecule has 0 radical (unpaired) electrons. The van der Waals surface area contributed by atoms with Gasteiger partial charge >= 0.3 is 0 Å². The summed E-state index contributed by atoms with van der Waals surface area (Å²) in [6.07, 6.45) is 7.28. The molecule has 1 aliphatic rings. The average Bonchev–Trinajstić information content (AvgIpc) is 2.51. The number of carbonyl (C=O) groups excluding carboxylic acids is 1. The van der Waals surface area contributed by atoms with E-state index in [1.54, 1.807) is 12.3 Å². The third-order valence-electron chi connectivity index (χ3n) is 4.03. The maximum Gasteiger partial charge on any atom is 0.275 e. The number of benzene rings is 1. The van der Waals surface area contributed by atoms with Crippen LogP contribution in [0, 0.1) is 0 Å². The number of nitrogens with one attached hydrogen (secondary N) is 1. The number of rotatable bonds is 3. The second-order valence-electron chi connectivity index (χ2n) is 5.60. The van der Waals surface area contributed by atoms with Crippen molar-refractivity contribution < 1.29 is 4.79 Å². The van der Waals surface area contributed by atoms with Crippen LogP contribution in [0.4, 0.5) is 0 Å². The van der Waals surface area contributed by atoms with Gasteiger partial charge in [0.1, 0.15) is 6.54 Å². The maximum absolute atomic E-state index is 12.3. The van der Waals surface area contributed by atoms with E-state index in [2.05, 4.69) is 10.4 Å². The lowest BCUT2D eigenvalue weighted by molar-refractivity contribution is -0.122. The molecule has 1 amide bonds. The van der Waals surface area contributed by atoms with Gasteiger partial charge < -0.3 is 5.32 Å². The molecule has 0 saturated heterocycles. The molecule has 0 spiro atoms. The van der Waals surface area contributed by atoms with Crippen LogP contribution in [0.5, 0.6) is 0 Å². The van der Waals surface area contributed by atoms with Gasteiger partial charge in [-0.2, -0.15) is 5.10 Å². The number of hydrogen-bond donors (Lipinski definition) is 1. The van der Waals surface area contributed by atoms with E-state index in [9.17, 15) is 9.59 Å². The molecule has 1 aromatic heterocycles. The summed E-state index contributed by atoms with van der Waals surface area (Å²) in [5.74, 6) is -0.133. The molecule has 0 bridgehead atoms. The highest BCUT2D eigenvalue weighted by atomic mass is 16.2. The van der Waals surface area contributed by atoms with E-state index in [1.807, 2.05) is 18.2 Å². The fraction of sp³-hybridized carbons (Fsp3) is 0.438. The normalized spacial score (nSPS) is 16.0. The van der Waals surface area contributed by atoms with E-state index in [4.69, 9.17) is 0 Å². The van der Waals surface area contributed by atoms with E-state index in [1.165, 1.54) is 23.9 Å². The molecule has 0 aliphatic heterocycles. The summed E-state index contributed by atoms with van der Waals surface area (Å²) >= 11 is 0. The minimum Gasteiger partial charge on any atom is -0.352 e. The van der Waals surface area contributed by atoms with Crippen molar-refractivity contribution in [2.45, 2.75) is 44.7 Å². The predicted octanol–water partition coefficient (Wildman–Crippen LogP) is 1.85. The molecule has 5 nitrogen and oxygen atoms in total. The van der Waals surface area contributed by atoms with Crippen LogP contribution in [-0.4, -0.2) is 21.7 Å². The van der Waals surface area contributed by atoms with Crippen molar-refractivity contribution in [2.75, 3.05) is 0 Å². The topological polar surface area (TPSA) is 64.0 Å². The van der Waals surface area contributed by atoms with Crippen molar-refractivity contribution in [1.29, 1.82) is 0 Å². The van der Waals surface area contributed by atoms with E-state index < -0.39 is 0 Å². The zero-order valence-electron chi connectivity index (χ0n) is 11.9. The van der Waals surface area contributed by atoms with Crippen LogP contribution in [0.25, 0.3) is 10.8 Å². The third kappa shape index (κ3) is 3.12. The fourth-order valence-corrected chi connectivity index (χ4v) is 2.90. The molecule has 0 unspecified atom stereocenters.